The van der Waals surface area contributed by atoms with Crippen LogP contribution in [0.5, 0.6) is 0 Å². The second-order valence-corrected chi connectivity index (χ2v) is 3.00. The summed E-state index contributed by atoms with van der Waals surface area (Å²) in [5, 5.41) is 0. The van der Waals surface area contributed by atoms with E-state index in [9.17, 15) is 4.79 Å². The first kappa shape index (κ1) is 9.86. The highest BCUT2D eigenvalue weighted by Crippen LogP contribution is 2.04. The van der Waals surface area contributed by atoms with Gasteiger partial charge in [-0.3, -0.25) is 9.78 Å². The summed E-state index contributed by atoms with van der Waals surface area (Å²) in [6, 6.07) is 3.65. The molecule has 0 spiro atoms. The molecule has 0 fully saturated rings. The van der Waals surface area contributed by atoms with E-state index in [1.165, 1.54) is 0 Å². The summed E-state index contributed by atoms with van der Waals surface area (Å²) in [6.45, 7) is 2.46. The molecule has 0 aliphatic carbocycles. The number of ketones is 1. The molecule has 0 aromatic carbocycles. The van der Waals surface area contributed by atoms with Crippen molar-refractivity contribution >= 4 is 5.78 Å². The maximum absolute atomic E-state index is 11.4. The van der Waals surface area contributed by atoms with Crippen molar-refractivity contribution in [1.29, 1.82) is 0 Å². The van der Waals surface area contributed by atoms with E-state index in [1.807, 2.05) is 13.0 Å². The predicted octanol–water partition coefficient (Wildman–Crippen LogP) is 1.31. The molecule has 0 saturated carbocycles. The van der Waals surface area contributed by atoms with Crippen LogP contribution in [0.3, 0.4) is 0 Å². The SMILES string of the molecule is Cc1ccc(C(=O)CCCN)cn1. The summed E-state index contributed by atoms with van der Waals surface area (Å²) in [4.78, 5) is 15.5. The van der Waals surface area contributed by atoms with Crippen LogP contribution in [-0.4, -0.2) is 17.3 Å². The van der Waals surface area contributed by atoms with E-state index in [-0.39, 0.29) is 5.78 Å². The molecule has 0 aliphatic heterocycles. The van der Waals surface area contributed by atoms with Crippen molar-refractivity contribution in [3.05, 3.63) is 29.6 Å². The number of pyridine rings is 1. The predicted molar refractivity (Wildman–Crippen MR) is 51.6 cm³/mol. The normalized spacial score (nSPS) is 10.0. The molecule has 0 unspecified atom stereocenters. The van der Waals surface area contributed by atoms with Gasteiger partial charge in [-0.2, -0.15) is 0 Å². The van der Waals surface area contributed by atoms with Gasteiger partial charge in [0.15, 0.2) is 5.78 Å². The van der Waals surface area contributed by atoms with Gasteiger partial charge in [-0.15, -0.1) is 0 Å². The molecular formula is C10H14N2O. The summed E-state index contributed by atoms with van der Waals surface area (Å²) >= 11 is 0. The largest absolute Gasteiger partial charge is 0.330 e. The molecule has 0 saturated heterocycles. The van der Waals surface area contributed by atoms with Crippen molar-refractivity contribution in [2.24, 2.45) is 5.73 Å². The Hall–Kier alpha value is -1.22. The maximum Gasteiger partial charge on any atom is 0.164 e. The Labute approximate surface area is 78.0 Å². The maximum atomic E-state index is 11.4. The van der Waals surface area contributed by atoms with E-state index < -0.39 is 0 Å². The fourth-order valence-corrected chi connectivity index (χ4v) is 1.04. The second kappa shape index (κ2) is 4.72. The van der Waals surface area contributed by atoms with E-state index in [0.717, 1.165) is 12.1 Å². The van der Waals surface area contributed by atoms with E-state index in [1.54, 1.807) is 12.3 Å². The van der Waals surface area contributed by atoms with E-state index in [4.69, 9.17) is 5.73 Å². The molecule has 0 aliphatic rings. The summed E-state index contributed by atoms with van der Waals surface area (Å²) in [7, 11) is 0. The van der Waals surface area contributed by atoms with Gasteiger partial charge in [0.05, 0.1) is 0 Å². The number of hydrogen-bond acceptors (Lipinski definition) is 3. The van der Waals surface area contributed by atoms with Crippen LogP contribution in [0.15, 0.2) is 18.3 Å². The minimum atomic E-state index is 0.123. The lowest BCUT2D eigenvalue weighted by Gasteiger charge is -1.99. The molecule has 13 heavy (non-hydrogen) atoms. The van der Waals surface area contributed by atoms with Gasteiger partial charge in [-0.25, -0.2) is 0 Å². The molecule has 0 bridgehead atoms. The minimum absolute atomic E-state index is 0.123. The van der Waals surface area contributed by atoms with E-state index in [0.29, 0.717) is 18.5 Å². The summed E-state index contributed by atoms with van der Waals surface area (Å²) in [5.74, 6) is 0.123. The molecule has 3 heteroatoms. The standard InChI is InChI=1S/C10H14N2O/c1-8-4-5-9(7-12-8)10(13)3-2-6-11/h4-5,7H,2-3,6,11H2,1H3. The number of hydrogen-bond donors (Lipinski definition) is 1. The van der Waals surface area contributed by atoms with Crippen LogP contribution < -0.4 is 5.73 Å². The number of aryl methyl sites for hydroxylation is 1. The Morgan fingerprint density at radius 2 is 2.31 bits per heavy atom. The Morgan fingerprint density at radius 1 is 1.54 bits per heavy atom. The zero-order valence-corrected chi connectivity index (χ0v) is 7.79. The van der Waals surface area contributed by atoms with Crippen molar-refractivity contribution in [3.8, 4) is 0 Å². The third-order valence-electron chi connectivity index (χ3n) is 1.84. The number of Topliss-reactive ketones (excluding diaryl/α,β-unsaturated/α-hetero) is 1. The Balaban J connectivity index is 2.61. The third kappa shape index (κ3) is 2.95. The van der Waals surface area contributed by atoms with Gasteiger partial charge >= 0.3 is 0 Å². The Kier molecular flexibility index (Phi) is 3.58. The second-order valence-electron chi connectivity index (χ2n) is 3.00. The van der Waals surface area contributed by atoms with Gasteiger partial charge in [-0.05, 0) is 32.0 Å². The molecule has 3 nitrogen and oxygen atoms in total. The highest BCUT2D eigenvalue weighted by Gasteiger charge is 2.04. The number of carbonyl (C=O) groups excluding carboxylic acids is 1. The Bertz CT molecular complexity index is 279. The fourth-order valence-electron chi connectivity index (χ4n) is 1.04. The first-order chi connectivity index (χ1) is 6.24. The van der Waals surface area contributed by atoms with Crippen LogP contribution in [0.25, 0.3) is 0 Å². The van der Waals surface area contributed by atoms with Gasteiger partial charge in [-0.1, -0.05) is 0 Å². The summed E-state index contributed by atoms with van der Waals surface area (Å²) in [6.07, 6.45) is 2.88. The van der Waals surface area contributed by atoms with Gasteiger partial charge in [0.2, 0.25) is 0 Å². The zero-order valence-electron chi connectivity index (χ0n) is 7.79. The number of nitrogens with two attached hydrogens (primary N) is 1. The first-order valence-electron chi connectivity index (χ1n) is 4.40. The quantitative estimate of drug-likeness (QED) is 0.707. The average Bonchev–Trinajstić information content (AvgIpc) is 2.15. The van der Waals surface area contributed by atoms with Gasteiger partial charge < -0.3 is 5.73 Å². The van der Waals surface area contributed by atoms with Crippen LogP contribution >= 0.6 is 0 Å². The van der Waals surface area contributed by atoms with E-state index in [2.05, 4.69) is 4.98 Å². The van der Waals surface area contributed by atoms with Crippen LogP contribution in [0, 0.1) is 6.92 Å². The van der Waals surface area contributed by atoms with Crippen molar-refractivity contribution in [1.82, 2.24) is 4.98 Å². The molecule has 0 radical (unpaired) electrons. The molecular weight excluding hydrogens is 164 g/mol. The number of rotatable bonds is 4. The lowest BCUT2D eigenvalue weighted by Crippen LogP contribution is -2.05. The van der Waals surface area contributed by atoms with Gasteiger partial charge in [0.1, 0.15) is 0 Å². The summed E-state index contributed by atoms with van der Waals surface area (Å²) in [5.41, 5.74) is 6.92. The first-order valence-corrected chi connectivity index (χ1v) is 4.40. The average molecular weight is 178 g/mol. The lowest BCUT2D eigenvalue weighted by atomic mass is 10.1. The van der Waals surface area contributed by atoms with Gasteiger partial charge in [0.25, 0.3) is 0 Å². The molecule has 0 atom stereocenters. The number of carbonyl (C=O) groups is 1. The van der Waals surface area contributed by atoms with Crippen molar-refractivity contribution < 1.29 is 4.79 Å². The lowest BCUT2D eigenvalue weighted by molar-refractivity contribution is 0.0980. The minimum Gasteiger partial charge on any atom is -0.330 e. The van der Waals surface area contributed by atoms with Crippen LogP contribution in [0.2, 0.25) is 0 Å². The Morgan fingerprint density at radius 3 is 2.85 bits per heavy atom. The van der Waals surface area contributed by atoms with Crippen molar-refractivity contribution in [2.75, 3.05) is 6.54 Å². The fraction of sp³-hybridized carbons (Fsp3) is 0.400. The van der Waals surface area contributed by atoms with E-state index >= 15 is 0 Å². The molecule has 0 amide bonds. The zero-order chi connectivity index (χ0) is 9.68. The topological polar surface area (TPSA) is 56.0 Å². The monoisotopic (exact) mass is 178 g/mol. The number of nitrogens with zero attached hydrogens (tertiary/aromatic N) is 1. The highest BCUT2D eigenvalue weighted by molar-refractivity contribution is 5.95. The van der Waals surface area contributed by atoms with Crippen molar-refractivity contribution in [2.45, 2.75) is 19.8 Å². The van der Waals surface area contributed by atoms with Gasteiger partial charge in [0, 0.05) is 23.9 Å². The highest BCUT2D eigenvalue weighted by atomic mass is 16.1. The van der Waals surface area contributed by atoms with Crippen molar-refractivity contribution in [3.63, 3.8) is 0 Å². The van der Waals surface area contributed by atoms with Crippen LogP contribution in [-0.2, 0) is 0 Å². The molecule has 1 aromatic rings. The molecule has 70 valence electrons. The molecule has 2 N–H and O–H groups in total. The third-order valence-corrected chi connectivity index (χ3v) is 1.84. The molecule has 1 rings (SSSR count). The smallest absolute Gasteiger partial charge is 0.164 e. The van der Waals surface area contributed by atoms with Crippen LogP contribution in [0.4, 0.5) is 0 Å². The summed E-state index contributed by atoms with van der Waals surface area (Å²) < 4.78 is 0. The molecule has 1 aromatic heterocycles. The van der Waals surface area contributed by atoms with Crippen LogP contribution in [0.1, 0.15) is 28.9 Å². The number of aromatic nitrogens is 1. The molecule has 1 heterocycles.